The van der Waals surface area contributed by atoms with Crippen LogP contribution in [0.3, 0.4) is 0 Å². The Kier molecular flexibility index (Phi) is 7.81. The number of amides is 3. The molecule has 1 atom stereocenters. The number of thiophene rings is 1. The quantitative estimate of drug-likeness (QED) is 0.614. The molecule has 0 radical (unpaired) electrons. The van der Waals surface area contributed by atoms with Crippen molar-refractivity contribution in [3.05, 3.63) is 46.7 Å². The summed E-state index contributed by atoms with van der Waals surface area (Å²) in [6, 6.07) is 10.2. The van der Waals surface area contributed by atoms with Crippen molar-refractivity contribution in [3.8, 4) is 5.75 Å². The number of nitrogens with one attached hydrogen (secondary N) is 3. The van der Waals surface area contributed by atoms with E-state index >= 15 is 0 Å². The Hall–Kier alpha value is -2.87. The molecule has 1 aromatic carbocycles. The summed E-state index contributed by atoms with van der Waals surface area (Å²) < 4.78 is 5.37. The van der Waals surface area contributed by atoms with Crippen molar-refractivity contribution in [3.63, 3.8) is 0 Å². The van der Waals surface area contributed by atoms with Crippen LogP contribution in [0.2, 0.25) is 0 Å². The van der Waals surface area contributed by atoms with Crippen LogP contribution in [0.5, 0.6) is 5.75 Å². The second kappa shape index (κ2) is 10.3. The van der Waals surface area contributed by atoms with Gasteiger partial charge in [0.1, 0.15) is 5.75 Å². The maximum absolute atomic E-state index is 12.3. The van der Waals surface area contributed by atoms with Crippen molar-refractivity contribution in [1.82, 2.24) is 10.6 Å². The fraction of sp³-hybridized carbons (Fsp3) is 0.316. The molecule has 144 valence electrons. The number of carbonyl (C=O) groups is 3. The maximum Gasteiger partial charge on any atom is 0.257 e. The van der Waals surface area contributed by atoms with Crippen LogP contribution in [0.25, 0.3) is 0 Å². The van der Waals surface area contributed by atoms with Gasteiger partial charge in [-0.2, -0.15) is 0 Å². The number of hydrogen-bond donors (Lipinski definition) is 3. The maximum atomic E-state index is 12.3. The number of likely N-dealkylation sites (N-methyl/N-ethyl adjacent to an activating group) is 1. The van der Waals surface area contributed by atoms with Crippen molar-refractivity contribution in [2.45, 2.75) is 26.3 Å². The van der Waals surface area contributed by atoms with E-state index in [2.05, 4.69) is 16.0 Å². The lowest BCUT2D eigenvalue weighted by Gasteiger charge is -2.16. The van der Waals surface area contributed by atoms with E-state index in [4.69, 9.17) is 4.74 Å². The van der Waals surface area contributed by atoms with Gasteiger partial charge < -0.3 is 20.7 Å². The minimum atomic E-state index is -0.359. The summed E-state index contributed by atoms with van der Waals surface area (Å²) in [5.41, 5.74) is 0.609. The van der Waals surface area contributed by atoms with Gasteiger partial charge in [-0.1, -0.05) is 6.07 Å². The van der Waals surface area contributed by atoms with Crippen LogP contribution in [-0.2, 0) is 14.4 Å². The van der Waals surface area contributed by atoms with Gasteiger partial charge in [0.2, 0.25) is 11.8 Å². The molecule has 2 rings (SSSR count). The van der Waals surface area contributed by atoms with Gasteiger partial charge in [0.25, 0.3) is 5.91 Å². The molecule has 0 spiro atoms. The van der Waals surface area contributed by atoms with Crippen LogP contribution in [0.1, 0.15) is 31.2 Å². The lowest BCUT2D eigenvalue weighted by atomic mass is 10.1. The molecule has 3 amide bonds. The molecule has 0 aliphatic carbocycles. The summed E-state index contributed by atoms with van der Waals surface area (Å²) in [5, 5.41) is 10.1. The molecule has 3 N–H and O–H groups in total. The van der Waals surface area contributed by atoms with Crippen molar-refractivity contribution in [2.24, 2.45) is 0 Å². The number of anilines is 1. The van der Waals surface area contributed by atoms with E-state index in [-0.39, 0.29) is 36.8 Å². The Bertz CT molecular complexity index is 760. The van der Waals surface area contributed by atoms with Gasteiger partial charge in [-0.3, -0.25) is 14.4 Å². The Morgan fingerprint density at radius 3 is 2.44 bits per heavy atom. The van der Waals surface area contributed by atoms with Gasteiger partial charge in [-0.05, 0) is 42.6 Å². The lowest BCUT2D eigenvalue weighted by molar-refractivity contribution is -0.123. The summed E-state index contributed by atoms with van der Waals surface area (Å²) in [6.45, 7) is 3.76. The number of rotatable bonds is 9. The highest BCUT2D eigenvalue weighted by atomic mass is 32.1. The zero-order chi connectivity index (χ0) is 19.6. The van der Waals surface area contributed by atoms with E-state index in [0.29, 0.717) is 18.0 Å². The van der Waals surface area contributed by atoms with Crippen LogP contribution in [-0.4, -0.2) is 30.9 Å². The van der Waals surface area contributed by atoms with Gasteiger partial charge >= 0.3 is 0 Å². The molecule has 27 heavy (non-hydrogen) atoms. The molecule has 0 aliphatic heterocycles. The SMILES string of the molecule is CCNC(=O)COc1ccc(NC(=O)CC(NC(C)=O)c2cccs2)cc1. The largest absolute Gasteiger partial charge is 0.484 e. The summed E-state index contributed by atoms with van der Waals surface area (Å²) in [7, 11) is 0. The Morgan fingerprint density at radius 1 is 1.11 bits per heavy atom. The van der Waals surface area contributed by atoms with Crippen LogP contribution in [0.15, 0.2) is 41.8 Å². The van der Waals surface area contributed by atoms with Gasteiger partial charge in [0, 0.05) is 24.0 Å². The first-order chi connectivity index (χ1) is 13.0. The molecule has 0 bridgehead atoms. The molecule has 0 aliphatic rings. The average molecular weight is 389 g/mol. The molecule has 0 fully saturated rings. The first-order valence-corrected chi connectivity index (χ1v) is 9.45. The fourth-order valence-electron chi connectivity index (χ4n) is 2.39. The normalized spacial score (nSPS) is 11.3. The zero-order valence-corrected chi connectivity index (χ0v) is 16.1. The minimum absolute atomic E-state index is 0.0568. The molecule has 7 nitrogen and oxygen atoms in total. The van der Waals surface area contributed by atoms with Crippen molar-refractivity contribution >= 4 is 34.7 Å². The minimum Gasteiger partial charge on any atom is -0.484 e. The Morgan fingerprint density at radius 2 is 1.85 bits per heavy atom. The third-order valence-electron chi connectivity index (χ3n) is 3.54. The van der Waals surface area contributed by atoms with E-state index in [9.17, 15) is 14.4 Å². The van der Waals surface area contributed by atoms with Gasteiger partial charge in [0.05, 0.1) is 12.5 Å². The Balaban J connectivity index is 1.89. The molecule has 8 heteroatoms. The molecule has 0 saturated carbocycles. The molecule has 1 unspecified atom stereocenters. The van der Waals surface area contributed by atoms with Crippen LogP contribution in [0.4, 0.5) is 5.69 Å². The first kappa shape index (κ1) is 20.4. The first-order valence-electron chi connectivity index (χ1n) is 8.58. The average Bonchev–Trinajstić information content (AvgIpc) is 3.15. The van der Waals surface area contributed by atoms with Crippen LogP contribution >= 0.6 is 11.3 Å². The highest BCUT2D eigenvalue weighted by Gasteiger charge is 2.18. The van der Waals surface area contributed by atoms with Crippen molar-refractivity contribution in [2.75, 3.05) is 18.5 Å². The predicted octanol–water partition coefficient (Wildman–Crippen LogP) is 2.47. The molecule has 0 saturated heterocycles. The fourth-order valence-corrected chi connectivity index (χ4v) is 3.16. The van der Waals surface area contributed by atoms with Gasteiger partial charge in [-0.25, -0.2) is 0 Å². The van der Waals surface area contributed by atoms with E-state index in [1.807, 2.05) is 24.4 Å². The summed E-state index contributed by atoms with van der Waals surface area (Å²) in [5.74, 6) is -0.0469. The topological polar surface area (TPSA) is 96.5 Å². The monoisotopic (exact) mass is 389 g/mol. The zero-order valence-electron chi connectivity index (χ0n) is 15.3. The molecule has 2 aromatic rings. The third kappa shape index (κ3) is 7.10. The highest BCUT2D eigenvalue weighted by Crippen LogP contribution is 2.23. The number of ether oxygens (including phenoxy) is 1. The predicted molar refractivity (Wildman–Crippen MR) is 105 cm³/mol. The smallest absolute Gasteiger partial charge is 0.257 e. The van der Waals surface area contributed by atoms with Crippen molar-refractivity contribution in [1.29, 1.82) is 0 Å². The molecule has 1 heterocycles. The molecular formula is C19H23N3O4S. The molecule has 1 aromatic heterocycles. The second-order valence-corrected chi connectivity index (χ2v) is 6.77. The van der Waals surface area contributed by atoms with Gasteiger partial charge in [-0.15, -0.1) is 11.3 Å². The van der Waals surface area contributed by atoms with E-state index in [1.54, 1.807) is 24.3 Å². The van der Waals surface area contributed by atoms with E-state index in [0.717, 1.165) is 4.88 Å². The second-order valence-electron chi connectivity index (χ2n) is 5.79. The standard InChI is InChI=1S/C19H23N3O4S/c1-3-20-19(25)12-26-15-8-6-14(7-9-15)22-18(24)11-16(21-13(2)23)17-5-4-10-27-17/h4-10,16H,3,11-12H2,1-2H3,(H,20,25)(H,21,23)(H,22,24). The number of benzene rings is 1. The third-order valence-corrected chi connectivity index (χ3v) is 4.52. The summed E-state index contributed by atoms with van der Waals surface area (Å²) >= 11 is 1.49. The highest BCUT2D eigenvalue weighted by molar-refractivity contribution is 7.10. The summed E-state index contributed by atoms with van der Waals surface area (Å²) in [4.78, 5) is 36.0. The van der Waals surface area contributed by atoms with Crippen LogP contribution in [0, 0.1) is 0 Å². The van der Waals surface area contributed by atoms with E-state index in [1.165, 1.54) is 18.3 Å². The number of carbonyl (C=O) groups excluding carboxylic acids is 3. The molecular weight excluding hydrogens is 366 g/mol. The Labute approximate surface area is 162 Å². The van der Waals surface area contributed by atoms with Gasteiger partial charge in [0.15, 0.2) is 6.61 Å². The van der Waals surface area contributed by atoms with E-state index < -0.39 is 0 Å². The lowest BCUT2D eigenvalue weighted by Crippen LogP contribution is -2.29. The summed E-state index contributed by atoms with van der Waals surface area (Å²) in [6.07, 6.45) is 0.134. The van der Waals surface area contributed by atoms with Crippen molar-refractivity contribution < 1.29 is 19.1 Å². The van der Waals surface area contributed by atoms with Crippen LogP contribution < -0.4 is 20.7 Å². The number of hydrogen-bond acceptors (Lipinski definition) is 5.